The number of hydrogen-bond donors (Lipinski definition) is 1. The Labute approximate surface area is 134 Å². The Morgan fingerprint density at radius 1 is 1.36 bits per heavy atom. The van der Waals surface area contributed by atoms with Crippen molar-refractivity contribution in [3.05, 3.63) is 47.4 Å². The van der Waals surface area contributed by atoms with E-state index in [1.165, 1.54) is 5.56 Å². The highest BCUT2D eigenvalue weighted by atomic mass is 32.2. The van der Waals surface area contributed by atoms with Gasteiger partial charge in [-0.1, -0.05) is 44.2 Å². The topological polar surface area (TPSA) is 70.1 Å². The number of hydrogen-bond acceptors (Lipinski definition) is 4. The van der Waals surface area contributed by atoms with Crippen molar-refractivity contribution >= 4 is 17.9 Å². The van der Waals surface area contributed by atoms with E-state index in [4.69, 9.17) is 10.5 Å². The first-order chi connectivity index (χ1) is 10.5. The van der Waals surface area contributed by atoms with Gasteiger partial charge >= 0.3 is 6.09 Å². The molecule has 0 aliphatic heterocycles. The summed E-state index contributed by atoms with van der Waals surface area (Å²) in [7, 11) is 0. The highest BCUT2D eigenvalue weighted by Gasteiger charge is 2.19. The highest BCUT2D eigenvalue weighted by molar-refractivity contribution is 7.98. The third-order valence-electron chi connectivity index (χ3n) is 3.29. The lowest BCUT2D eigenvalue weighted by Gasteiger charge is -2.12. The largest absolute Gasteiger partial charge is 0.442 e. The van der Waals surface area contributed by atoms with E-state index in [1.54, 1.807) is 11.8 Å². The molecule has 2 aromatic rings. The number of rotatable bonds is 6. The van der Waals surface area contributed by atoms with Crippen LogP contribution in [0.15, 0.2) is 35.4 Å². The normalized spacial score (nSPS) is 10.9. The number of thioether (sulfide) groups is 1. The summed E-state index contributed by atoms with van der Waals surface area (Å²) in [6.45, 7) is 4.98. The van der Waals surface area contributed by atoms with Crippen molar-refractivity contribution in [3.8, 4) is 0 Å². The van der Waals surface area contributed by atoms with E-state index in [0.717, 1.165) is 16.5 Å². The maximum atomic E-state index is 10.9. The summed E-state index contributed by atoms with van der Waals surface area (Å²) >= 11 is 1.65. The zero-order chi connectivity index (χ0) is 16.1. The van der Waals surface area contributed by atoms with Crippen LogP contribution in [0.2, 0.25) is 0 Å². The molecular weight excluding hydrogens is 298 g/mol. The van der Waals surface area contributed by atoms with Crippen LogP contribution in [0.4, 0.5) is 4.79 Å². The molecule has 0 saturated carbocycles. The van der Waals surface area contributed by atoms with Crippen molar-refractivity contribution in [2.45, 2.75) is 37.9 Å². The summed E-state index contributed by atoms with van der Waals surface area (Å²) in [6.07, 6.45) is 1.24. The molecule has 0 saturated heterocycles. The lowest BCUT2D eigenvalue weighted by Crippen LogP contribution is -2.15. The molecule has 0 radical (unpaired) electrons. The van der Waals surface area contributed by atoms with Gasteiger partial charge in [0, 0.05) is 6.54 Å². The number of primary amides is 1. The molecule has 1 aromatic carbocycles. The summed E-state index contributed by atoms with van der Waals surface area (Å²) in [5, 5.41) is 1.10. The van der Waals surface area contributed by atoms with E-state index >= 15 is 0 Å². The summed E-state index contributed by atoms with van der Waals surface area (Å²) in [6, 6.07) is 10.1. The Morgan fingerprint density at radius 2 is 2.05 bits per heavy atom. The smallest absolute Gasteiger partial charge is 0.404 e. The van der Waals surface area contributed by atoms with Gasteiger partial charge in [0.05, 0.1) is 10.7 Å². The standard InChI is InChI=1S/C16H21N3O2S/c1-11(2)14-15(22-3)19(9-12-7-5-4-6-8-12)13(18-14)10-21-16(17)20/h4-8,11H,9-10H2,1-3H3,(H2,17,20). The second-order valence-corrected chi connectivity index (χ2v) is 6.05. The van der Waals surface area contributed by atoms with Crippen molar-refractivity contribution in [1.82, 2.24) is 9.55 Å². The molecule has 0 aliphatic rings. The molecule has 0 bridgehead atoms. The Bertz CT molecular complexity index is 638. The molecule has 0 unspecified atom stereocenters. The molecule has 2 N–H and O–H groups in total. The fourth-order valence-corrected chi connectivity index (χ4v) is 3.15. The summed E-state index contributed by atoms with van der Waals surface area (Å²) < 4.78 is 7.04. The monoisotopic (exact) mass is 319 g/mol. The Morgan fingerprint density at radius 3 is 2.59 bits per heavy atom. The minimum atomic E-state index is -0.786. The maximum Gasteiger partial charge on any atom is 0.404 e. The maximum absolute atomic E-state index is 10.9. The third-order valence-corrected chi connectivity index (χ3v) is 4.11. The van der Waals surface area contributed by atoms with Crippen LogP contribution in [0.3, 0.4) is 0 Å². The summed E-state index contributed by atoms with van der Waals surface area (Å²) in [5.41, 5.74) is 7.27. The molecule has 1 amide bonds. The number of aromatic nitrogens is 2. The van der Waals surface area contributed by atoms with Crippen molar-refractivity contribution in [2.75, 3.05) is 6.26 Å². The number of amides is 1. The molecule has 6 heteroatoms. The van der Waals surface area contributed by atoms with Gasteiger partial charge in [-0.25, -0.2) is 9.78 Å². The van der Waals surface area contributed by atoms with Crippen molar-refractivity contribution in [1.29, 1.82) is 0 Å². The zero-order valence-electron chi connectivity index (χ0n) is 13.1. The molecule has 1 aromatic heterocycles. The van der Waals surface area contributed by atoms with Gasteiger partial charge in [0.1, 0.15) is 5.82 Å². The van der Waals surface area contributed by atoms with E-state index in [-0.39, 0.29) is 6.61 Å². The van der Waals surface area contributed by atoms with E-state index in [9.17, 15) is 4.79 Å². The molecular formula is C16H21N3O2S. The molecule has 0 fully saturated rings. The number of benzene rings is 1. The number of imidazole rings is 1. The summed E-state index contributed by atoms with van der Waals surface area (Å²) in [4.78, 5) is 15.6. The van der Waals surface area contributed by atoms with Gasteiger partial charge in [-0.3, -0.25) is 0 Å². The van der Waals surface area contributed by atoms with Crippen LogP contribution in [0, 0.1) is 0 Å². The van der Waals surface area contributed by atoms with Gasteiger partial charge < -0.3 is 15.0 Å². The second-order valence-electron chi connectivity index (χ2n) is 5.26. The number of carbonyl (C=O) groups excluding carboxylic acids is 1. The van der Waals surface area contributed by atoms with Crippen LogP contribution in [0.25, 0.3) is 0 Å². The van der Waals surface area contributed by atoms with Gasteiger partial charge in [-0.2, -0.15) is 0 Å². The van der Waals surface area contributed by atoms with Crippen molar-refractivity contribution in [2.24, 2.45) is 5.73 Å². The zero-order valence-corrected chi connectivity index (χ0v) is 13.9. The number of nitrogens with zero attached hydrogens (tertiary/aromatic N) is 2. The van der Waals surface area contributed by atoms with Gasteiger partial charge in [0.2, 0.25) is 0 Å². The van der Waals surface area contributed by atoms with Gasteiger partial charge in [0.15, 0.2) is 6.61 Å². The molecule has 0 spiro atoms. The molecule has 0 aliphatic carbocycles. The lowest BCUT2D eigenvalue weighted by molar-refractivity contribution is 0.145. The van der Waals surface area contributed by atoms with E-state index in [1.807, 2.05) is 24.5 Å². The minimum absolute atomic E-state index is 0.0858. The fourth-order valence-electron chi connectivity index (χ4n) is 2.27. The first kappa shape index (κ1) is 16.4. The number of ether oxygens (including phenoxy) is 1. The fraction of sp³-hybridized carbons (Fsp3) is 0.375. The first-order valence-electron chi connectivity index (χ1n) is 7.12. The van der Waals surface area contributed by atoms with E-state index in [0.29, 0.717) is 12.5 Å². The molecule has 5 nitrogen and oxygen atoms in total. The highest BCUT2D eigenvalue weighted by Crippen LogP contribution is 2.29. The van der Waals surface area contributed by atoms with Gasteiger partial charge in [0.25, 0.3) is 0 Å². The first-order valence-corrected chi connectivity index (χ1v) is 8.34. The average molecular weight is 319 g/mol. The van der Waals surface area contributed by atoms with Crippen LogP contribution in [0.5, 0.6) is 0 Å². The van der Waals surface area contributed by atoms with Gasteiger partial charge in [-0.15, -0.1) is 11.8 Å². The predicted octanol–water partition coefficient (Wildman–Crippen LogP) is 3.37. The second kappa shape index (κ2) is 7.35. The number of nitrogens with two attached hydrogens (primary N) is 1. The molecule has 118 valence electrons. The SMILES string of the molecule is CSc1c(C(C)C)nc(COC(N)=O)n1Cc1ccccc1. The quantitative estimate of drug-likeness (QED) is 0.829. The molecule has 2 rings (SSSR count). The number of carbonyl (C=O) groups is 1. The van der Waals surface area contributed by atoms with Crippen LogP contribution in [-0.2, 0) is 17.9 Å². The average Bonchev–Trinajstić information content (AvgIpc) is 2.84. The van der Waals surface area contributed by atoms with Crippen molar-refractivity contribution in [3.63, 3.8) is 0 Å². The Hall–Kier alpha value is -1.95. The van der Waals surface area contributed by atoms with Crippen LogP contribution in [0.1, 0.15) is 36.8 Å². The summed E-state index contributed by atoms with van der Waals surface area (Å²) in [5.74, 6) is 1.02. The van der Waals surface area contributed by atoms with Crippen LogP contribution < -0.4 is 5.73 Å². The molecule has 22 heavy (non-hydrogen) atoms. The third kappa shape index (κ3) is 3.82. The van der Waals surface area contributed by atoms with Crippen LogP contribution >= 0.6 is 11.8 Å². The van der Waals surface area contributed by atoms with E-state index < -0.39 is 6.09 Å². The predicted molar refractivity (Wildman–Crippen MR) is 88.0 cm³/mol. The Kier molecular flexibility index (Phi) is 5.49. The lowest BCUT2D eigenvalue weighted by atomic mass is 10.1. The van der Waals surface area contributed by atoms with Gasteiger partial charge in [-0.05, 0) is 17.7 Å². The van der Waals surface area contributed by atoms with Crippen molar-refractivity contribution < 1.29 is 9.53 Å². The Balaban J connectivity index is 2.40. The van der Waals surface area contributed by atoms with E-state index in [2.05, 4.69) is 35.5 Å². The van der Waals surface area contributed by atoms with Crippen LogP contribution in [-0.4, -0.2) is 21.9 Å². The molecule has 1 heterocycles. The minimum Gasteiger partial charge on any atom is -0.442 e. The molecule has 0 atom stereocenters.